The predicted octanol–water partition coefficient (Wildman–Crippen LogP) is 0.384. The minimum Gasteiger partial charge on any atom is -0.468 e. The van der Waals surface area contributed by atoms with Crippen LogP contribution in [0.1, 0.15) is 13.3 Å². The topological polar surface area (TPSA) is 43.4 Å². The molecule has 0 aromatic carbocycles. The SMILES string of the molecule is COC(=O)[C@]1(C=O)C[C@H]1C. The summed E-state index contributed by atoms with van der Waals surface area (Å²) >= 11 is 0. The fourth-order valence-electron chi connectivity index (χ4n) is 1.13. The lowest BCUT2D eigenvalue weighted by molar-refractivity contribution is -0.149. The molecule has 0 amide bonds. The number of ether oxygens (including phenoxy) is 1. The molecule has 0 spiro atoms. The van der Waals surface area contributed by atoms with Gasteiger partial charge in [-0.1, -0.05) is 6.92 Å². The highest BCUT2D eigenvalue weighted by molar-refractivity contribution is 5.97. The van der Waals surface area contributed by atoms with Crippen molar-refractivity contribution in [2.75, 3.05) is 7.11 Å². The van der Waals surface area contributed by atoms with E-state index in [1.807, 2.05) is 6.92 Å². The van der Waals surface area contributed by atoms with Crippen LogP contribution >= 0.6 is 0 Å². The average Bonchev–Trinajstić information content (AvgIpc) is 2.61. The van der Waals surface area contributed by atoms with Crippen molar-refractivity contribution in [2.24, 2.45) is 11.3 Å². The number of methoxy groups -OCH3 is 1. The number of aldehydes is 1. The van der Waals surface area contributed by atoms with Crippen molar-refractivity contribution in [1.82, 2.24) is 0 Å². The maximum Gasteiger partial charge on any atom is 0.319 e. The minimum atomic E-state index is -0.783. The van der Waals surface area contributed by atoms with Crippen molar-refractivity contribution in [2.45, 2.75) is 13.3 Å². The first-order valence-corrected chi connectivity index (χ1v) is 3.22. The monoisotopic (exact) mass is 142 g/mol. The van der Waals surface area contributed by atoms with Crippen molar-refractivity contribution < 1.29 is 14.3 Å². The summed E-state index contributed by atoms with van der Waals surface area (Å²) in [5.74, 6) is -0.229. The van der Waals surface area contributed by atoms with Crippen LogP contribution in [0.25, 0.3) is 0 Å². The molecule has 0 bridgehead atoms. The summed E-state index contributed by atoms with van der Waals surface area (Å²) in [7, 11) is 1.30. The summed E-state index contributed by atoms with van der Waals surface area (Å²) in [5.41, 5.74) is -0.783. The Hall–Kier alpha value is -0.860. The van der Waals surface area contributed by atoms with Gasteiger partial charge in [0.1, 0.15) is 11.7 Å². The van der Waals surface area contributed by atoms with Crippen LogP contribution in [0.5, 0.6) is 0 Å². The van der Waals surface area contributed by atoms with Gasteiger partial charge in [-0.05, 0) is 12.3 Å². The van der Waals surface area contributed by atoms with Gasteiger partial charge in [0.25, 0.3) is 0 Å². The Balaban J connectivity index is 2.68. The Morgan fingerprint density at radius 1 is 1.80 bits per heavy atom. The molecule has 3 heteroatoms. The number of hydrogen-bond acceptors (Lipinski definition) is 3. The maximum atomic E-state index is 10.9. The van der Waals surface area contributed by atoms with Gasteiger partial charge in [-0.15, -0.1) is 0 Å². The van der Waals surface area contributed by atoms with E-state index >= 15 is 0 Å². The van der Waals surface area contributed by atoms with Crippen LogP contribution in [-0.2, 0) is 14.3 Å². The van der Waals surface area contributed by atoms with Gasteiger partial charge in [0.15, 0.2) is 0 Å². The van der Waals surface area contributed by atoms with E-state index in [1.165, 1.54) is 7.11 Å². The molecule has 0 aromatic heterocycles. The third-order valence-electron chi connectivity index (χ3n) is 2.14. The van der Waals surface area contributed by atoms with Crippen molar-refractivity contribution in [1.29, 1.82) is 0 Å². The van der Waals surface area contributed by atoms with Gasteiger partial charge in [0.05, 0.1) is 7.11 Å². The fourth-order valence-corrected chi connectivity index (χ4v) is 1.13. The summed E-state index contributed by atoms with van der Waals surface area (Å²) in [6, 6.07) is 0. The molecule has 1 aliphatic carbocycles. The molecule has 0 radical (unpaired) electrons. The van der Waals surface area contributed by atoms with Crippen LogP contribution in [0.2, 0.25) is 0 Å². The highest BCUT2D eigenvalue weighted by Gasteiger charge is 2.58. The fraction of sp³-hybridized carbons (Fsp3) is 0.714. The van der Waals surface area contributed by atoms with Gasteiger partial charge < -0.3 is 9.53 Å². The first-order valence-electron chi connectivity index (χ1n) is 3.22. The molecule has 0 saturated heterocycles. The molecule has 3 nitrogen and oxygen atoms in total. The zero-order valence-corrected chi connectivity index (χ0v) is 6.09. The van der Waals surface area contributed by atoms with Crippen molar-refractivity contribution in [3.8, 4) is 0 Å². The minimum absolute atomic E-state index is 0.164. The van der Waals surface area contributed by atoms with Crippen LogP contribution in [0.4, 0.5) is 0 Å². The van der Waals surface area contributed by atoms with Crippen LogP contribution in [-0.4, -0.2) is 19.4 Å². The Morgan fingerprint density at radius 3 is 2.40 bits per heavy atom. The molecule has 1 saturated carbocycles. The quantitative estimate of drug-likeness (QED) is 0.318. The molecular weight excluding hydrogens is 132 g/mol. The molecule has 0 heterocycles. The van der Waals surface area contributed by atoms with Gasteiger partial charge >= 0.3 is 5.97 Å². The summed E-state index contributed by atoms with van der Waals surface area (Å²) in [6.45, 7) is 1.87. The van der Waals surface area contributed by atoms with Crippen LogP contribution in [0.3, 0.4) is 0 Å². The molecule has 0 aromatic rings. The molecule has 1 aliphatic rings. The summed E-state index contributed by atoms with van der Waals surface area (Å²) < 4.78 is 4.47. The Kier molecular flexibility index (Phi) is 1.50. The third kappa shape index (κ3) is 0.735. The zero-order valence-electron chi connectivity index (χ0n) is 6.09. The molecule has 56 valence electrons. The van der Waals surface area contributed by atoms with E-state index in [2.05, 4.69) is 4.74 Å². The van der Waals surface area contributed by atoms with E-state index in [1.54, 1.807) is 0 Å². The van der Waals surface area contributed by atoms with E-state index in [0.29, 0.717) is 12.7 Å². The highest BCUT2D eigenvalue weighted by Crippen LogP contribution is 2.51. The van der Waals surface area contributed by atoms with E-state index in [4.69, 9.17) is 0 Å². The second kappa shape index (κ2) is 2.08. The van der Waals surface area contributed by atoms with Gasteiger partial charge in [-0.2, -0.15) is 0 Å². The molecule has 10 heavy (non-hydrogen) atoms. The van der Waals surface area contributed by atoms with E-state index < -0.39 is 11.4 Å². The molecule has 2 atom stereocenters. The zero-order chi connectivity index (χ0) is 7.78. The Labute approximate surface area is 59.4 Å². The molecule has 0 unspecified atom stereocenters. The number of carbonyl (C=O) groups excluding carboxylic acids is 2. The lowest BCUT2D eigenvalue weighted by Gasteiger charge is -2.03. The summed E-state index contributed by atoms with van der Waals surface area (Å²) in [6.07, 6.45) is 1.34. The number of rotatable bonds is 2. The number of esters is 1. The largest absolute Gasteiger partial charge is 0.468 e. The van der Waals surface area contributed by atoms with Gasteiger partial charge in [-0.25, -0.2) is 0 Å². The normalized spacial score (nSPS) is 36.8. The van der Waals surface area contributed by atoms with Gasteiger partial charge in [-0.3, -0.25) is 4.79 Å². The molecule has 0 aliphatic heterocycles. The number of carbonyl (C=O) groups is 2. The first-order chi connectivity index (χ1) is 4.67. The standard InChI is InChI=1S/C7H10O3/c1-5-3-7(5,4-8)6(9)10-2/h4-5H,3H2,1-2H3/t5-,7+/m1/s1. The lowest BCUT2D eigenvalue weighted by atomic mass is 10.1. The Morgan fingerprint density at radius 2 is 2.30 bits per heavy atom. The van der Waals surface area contributed by atoms with Crippen molar-refractivity contribution in [3.05, 3.63) is 0 Å². The maximum absolute atomic E-state index is 10.9. The second-order valence-electron chi connectivity index (χ2n) is 2.75. The second-order valence-corrected chi connectivity index (χ2v) is 2.75. The van der Waals surface area contributed by atoms with E-state index in [-0.39, 0.29) is 5.92 Å². The van der Waals surface area contributed by atoms with Crippen molar-refractivity contribution in [3.63, 3.8) is 0 Å². The predicted molar refractivity (Wildman–Crippen MR) is 34.3 cm³/mol. The summed E-state index contributed by atoms with van der Waals surface area (Å²) in [4.78, 5) is 21.3. The van der Waals surface area contributed by atoms with Crippen LogP contribution in [0, 0.1) is 11.3 Å². The van der Waals surface area contributed by atoms with Crippen LogP contribution < -0.4 is 0 Å². The lowest BCUT2D eigenvalue weighted by Crippen LogP contribution is -2.20. The van der Waals surface area contributed by atoms with E-state index in [0.717, 1.165) is 0 Å². The third-order valence-corrected chi connectivity index (χ3v) is 2.14. The van der Waals surface area contributed by atoms with E-state index in [9.17, 15) is 9.59 Å². The molecular formula is C7H10O3. The molecule has 1 fully saturated rings. The molecule has 0 N–H and O–H groups in total. The summed E-state index contributed by atoms with van der Waals surface area (Å²) in [5, 5.41) is 0. The van der Waals surface area contributed by atoms with Gasteiger partial charge in [0, 0.05) is 0 Å². The van der Waals surface area contributed by atoms with Crippen molar-refractivity contribution >= 4 is 12.3 Å². The average molecular weight is 142 g/mol. The highest BCUT2D eigenvalue weighted by atomic mass is 16.5. The number of hydrogen-bond donors (Lipinski definition) is 0. The van der Waals surface area contributed by atoms with Gasteiger partial charge in [0.2, 0.25) is 0 Å². The van der Waals surface area contributed by atoms with Crippen LogP contribution in [0.15, 0.2) is 0 Å². The Bertz CT molecular complexity index is 176. The smallest absolute Gasteiger partial charge is 0.319 e. The molecule has 1 rings (SSSR count). The first kappa shape index (κ1) is 7.25.